The third-order valence-electron chi connectivity index (χ3n) is 3.63. The van der Waals surface area contributed by atoms with Crippen molar-refractivity contribution >= 4 is 16.0 Å². The van der Waals surface area contributed by atoms with Crippen LogP contribution in [0.15, 0.2) is 29.2 Å². The molecule has 20 heavy (non-hydrogen) atoms. The van der Waals surface area contributed by atoms with Gasteiger partial charge in [-0.2, -0.15) is 4.31 Å². The van der Waals surface area contributed by atoms with E-state index in [2.05, 4.69) is 0 Å². The van der Waals surface area contributed by atoms with Crippen molar-refractivity contribution in [1.29, 1.82) is 0 Å². The van der Waals surface area contributed by atoms with Crippen molar-refractivity contribution in [1.82, 2.24) is 4.31 Å². The largest absolute Gasteiger partial charge is 0.469 e. The smallest absolute Gasteiger partial charge is 0.309 e. The van der Waals surface area contributed by atoms with E-state index in [1.807, 2.05) is 6.07 Å². The Balaban J connectivity index is 2.26. The van der Waals surface area contributed by atoms with E-state index in [0.29, 0.717) is 29.8 Å². The molecule has 0 aliphatic carbocycles. The molecule has 1 aromatic carbocycles. The van der Waals surface area contributed by atoms with Gasteiger partial charge in [-0.1, -0.05) is 18.2 Å². The predicted molar refractivity (Wildman–Crippen MR) is 74.7 cm³/mol. The van der Waals surface area contributed by atoms with Crippen molar-refractivity contribution in [2.45, 2.75) is 24.7 Å². The van der Waals surface area contributed by atoms with Gasteiger partial charge in [-0.25, -0.2) is 8.42 Å². The number of ether oxygens (including phenoxy) is 1. The SMILES string of the molecule is COC(=O)[C@H]1CCCN(S(=O)(=O)c2ccccc2C)C1. The Morgan fingerprint density at radius 1 is 1.35 bits per heavy atom. The van der Waals surface area contributed by atoms with Gasteiger partial charge in [0.1, 0.15) is 0 Å². The molecule has 1 aliphatic rings. The Bertz CT molecular complexity index is 597. The molecule has 1 heterocycles. The van der Waals surface area contributed by atoms with Gasteiger partial charge >= 0.3 is 5.97 Å². The Morgan fingerprint density at radius 3 is 2.70 bits per heavy atom. The molecule has 1 fully saturated rings. The van der Waals surface area contributed by atoms with Gasteiger partial charge in [0.05, 0.1) is 17.9 Å². The van der Waals surface area contributed by atoms with Crippen molar-refractivity contribution in [3.8, 4) is 0 Å². The number of methoxy groups -OCH3 is 1. The lowest BCUT2D eigenvalue weighted by molar-refractivity contribution is -0.146. The number of rotatable bonds is 3. The molecule has 0 spiro atoms. The number of sulfonamides is 1. The van der Waals surface area contributed by atoms with E-state index in [0.717, 1.165) is 0 Å². The molecule has 0 unspecified atom stereocenters. The van der Waals surface area contributed by atoms with Crippen LogP contribution in [0.3, 0.4) is 0 Å². The summed E-state index contributed by atoms with van der Waals surface area (Å²) >= 11 is 0. The Morgan fingerprint density at radius 2 is 2.05 bits per heavy atom. The molecule has 1 aliphatic heterocycles. The molecule has 0 radical (unpaired) electrons. The van der Waals surface area contributed by atoms with Gasteiger partial charge in [0.25, 0.3) is 0 Å². The summed E-state index contributed by atoms with van der Waals surface area (Å²) in [5.41, 5.74) is 0.715. The summed E-state index contributed by atoms with van der Waals surface area (Å²) < 4.78 is 31.4. The van der Waals surface area contributed by atoms with Gasteiger partial charge in [0, 0.05) is 13.1 Å². The summed E-state index contributed by atoms with van der Waals surface area (Å²) in [5.74, 6) is -0.706. The molecular formula is C14H19NO4S. The van der Waals surface area contributed by atoms with Crippen molar-refractivity contribution in [2.24, 2.45) is 5.92 Å². The number of piperidine rings is 1. The lowest BCUT2D eigenvalue weighted by atomic mass is 10.0. The summed E-state index contributed by atoms with van der Waals surface area (Å²) in [5, 5.41) is 0. The van der Waals surface area contributed by atoms with E-state index >= 15 is 0 Å². The molecule has 0 aromatic heterocycles. The lowest BCUT2D eigenvalue weighted by Crippen LogP contribution is -2.42. The van der Waals surface area contributed by atoms with E-state index in [-0.39, 0.29) is 18.4 Å². The number of hydrogen-bond donors (Lipinski definition) is 0. The molecular weight excluding hydrogens is 278 g/mol. The summed E-state index contributed by atoms with van der Waals surface area (Å²) in [6.45, 7) is 2.42. The first kappa shape index (κ1) is 15.0. The Kier molecular flexibility index (Phi) is 4.45. The van der Waals surface area contributed by atoms with Gasteiger partial charge in [0.15, 0.2) is 0 Å². The van der Waals surface area contributed by atoms with Crippen LogP contribution in [0.25, 0.3) is 0 Å². The fraction of sp³-hybridized carbons (Fsp3) is 0.500. The Hall–Kier alpha value is -1.40. The third-order valence-corrected chi connectivity index (χ3v) is 5.66. The normalized spacial score (nSPS) is 20.6. The molecule has 6 heteroatoms. The summed E-state index contributed by atoms with van der Waals surface area (Å²) in [4.78, 5) is 11.9. The molecule has 0 bridgehead atoms. The van der Waals surface area contributed by atoms with Crippen molar-refractivity contribution in [3.63, 3.8) is 0 Å². The van der Waals surface area contributed by atoms with E-state index in [4.69, 9.17) is 4.74 Å². The number of carbonyl (C=O) groups excluding carboxylic acids is 1. The maximum absolute atomic E-state index is 12.6. The number of nitrogens with zero attached hydrogens (tertiary/aromatic N) is 1. The van der Waals surface area contributed by atoms with Crippen LogP contribution < -0.4 is 0 Å². The minimum atomic E-state index is -3.54. The van der Waals surface area contributed by atoms with Crippen LogP contribution >= 0.6 is 0 Å². The summed E-state index contributed by atoms with van der Waals surface area (Å²) in [7, 11) is -2.21. The predicted octanol–water partition coefficient (Wildman–Crippen LogP) is 1.57. The molecule has 1 saturated heterocycles. The monoisotopic (exact) mass is 297 g/mol. The van der Waals surface area contributed by atoms with Crippen molar-refractivity contribution < 1.29 is 17.9 Å². The van der Waals surface area contributed by atoms with E-state index in [1.165, 1.54) is 11.4 Å². The van der Waals surface area contributed by atoms with E-state index in [9.17, 15) is 13.2 Å². The second-order valence-electron chi connectivity index (χ2n) is 4.99. The van der Waals surface area contributed by atoms with Crippen LogP contribution in [-0.2, 0) is 19.6 Å². The lowest BCUT2D eigenvalue weighted by Gasteiger charge is -2.30. The Labute approximate surface area is 119 Å². The zero-order valence-electron chi connectivity index (χ0n) is 11.7. The fourth-order valence-electron chi connectivity index (χ4n) is 2.50. The van der Waals surface area contributed by atoms with Crippen molar-refractivity contribution in [2.75, 3.05) is 20.2 Å². The highest BCUT2D eigenvalue weighted by atomic mass is 32.2. The first-order valence-corrected chi connectivity index (χ1v) is 8.04. The minimum Gasteiger partial charge on any atom is -0.469 e. The minimum absolute atomic E-state index is 0.198. The average Bonchev–Trinajstić information content (AvgIpc) is 2.47. The number of hydrogen-bond acceptors (Lipinski definition) is 4. The molecule has 1 atom stereocenters. The molecule has 5 nitrogen and oxygen atoms in total. The number of carbonyl (C=O) groups is 1. The van der Waals surface area contributed by atoms with E-state index in [1.54, 1.807) is 25.1 Å². The average molecular weight is 297 g/mol. The van der Waals surface area contributed by atoms with Crippen LogP contribution in [0.2, 0.25) is 0 Å². The quantitative estimate of drug-likeness (QED) is 0.794. The molecule has 0 amide bonds. The van der Waals surface area contributed by atoms with Crippen LogP contribution in [0.1, 0.15) is 18.4 Å². The molecule has 0 saturated carbocycles. The second-order valence-corrected chi connectivity index (χ2v) is 6.90. The van der Waals surface area contributed by atoms with Gasteiger partial charge in [-0.05, 0) is 31.4 Å². The maximum Gasteiger partial charge on any atom is 0.309 e. The zero-order chi connectivity index (χ0) is 14.8. The van der Waals surface area contributed by atoms with Crippen LogP contribution in [0.5, 0.6) is 0 Å². The summed E-state index contributed by atoms with van der Waals surface area (Å²) in [6, 6.07) is 6.89. The van der Waals surface area contributed by atoms with Crippen LogP contribution in [0.4, 0.5) is 0 Å². The van der Waals surface area contributed by atoms with Crippen molar-refractivity contribution in [3.05, 3.63) is 29.8 Å². The fourth-order valence-corrected chi connectivity index (χ4v) is 4.25. The zero-order valence-corrected chi connectivity index (χ0v) is 12.5. The standard InChI is InChI=1S/C14H19NO4S/c1-11-6-3-4-8-13(11)20(17,18)15-9-5-7-12(10-15)14(16)19-2/h3-4,6,8,12H,5,7,9-10H2,1-2H3/t12-/m0/s1. The van der Waals surface area contributed by atoms with Crippen LogP contribution in [0, 0.1) is 12.8 Å². The first-order chi connectivity index (χ1) is 9.46. The topological polar surface area (TPSA) is 63.7 Å². The molecule has 110 valence electrons. The van der Waals surface area contributed by atoms with E-state index < -0.39 is 10.0 Å². The van der Waals surface area contributed by atoms with Crippen LogP contribution in [-0.4, -0.2) is 38.9 Å². The first-order valence-electron chi connectivity index (χ1n) is 6.60. The number of benzene rings is 1. The highest BCUT2D eigenvalue weighted by Crippen LogP contribution is 2.25. The molecule has 0 N–H and O–H groups in total. The molecule has 2 rings (SSSR count). The highest BCUT2D eigenvalue weighted by molar-refractivity contribution is 7.89. The van der Waals surface area contributed by atoms with Gasteiger partial charge in [-0.15, -0.1) is 0 Å². The second kappa shape index (κ2) is 5.93. The maximum atomic E-state index is 12.6. The summed E-state index contributed by atoms with van der Waals surface area (Å²) in [6.07, 6.45) is 1.34. The van der Waals surface area contributed by atoms with Gasteiger partial charge in [-0.3, -0.25) is 4.79 Å². The number of aryl methyl sites for hydroxylation is 1. The number of esters is 1. The molecule has 1 aromatic rings. The third kappa shape index (κ3) is 2.86. The van der Waals surface area contributed by atoms with Gasteiger partial charge in [0.2, 0.25) is 10.0 Å². The van der Waals surface area contributed by atoms with Gasteiger partial charge < -0.3 is 4.74 Å². The highest BCUT2D eigenvalue weighted by Gasteiger charge is 2.34.